The maximum absolute atomic E-state index is 15.2. The fourth-order valence-electron chi connectivity index (χ4n) is 11.5. The van der Waals surface area contributed by atoms with Crippen molar-refractivity contribution >= 4 is 44.0 Å². The van der Waals surface area contributed by atoms with E-state index in [1.54, 1.807) is 36.0 Å². The highest BCUT2D eigenvalue weighted by Gasteiger charge is 2.67. The van der Waals surface area contributed by atoms with E-state index in [1.165, 1.54) is 70.1 Å². The molecular weight excluding hydrogens is 814 g/mol. The third-order valence-corrected chi connectivity index (χ3v) is 16.3. The van der Waals surface area contributed by atoms with Crippen LogP contribution in [0, 0.1) is 26.4 Å². The summed E-state index contributed by atoms with van der Waals surface area (Å²) in [4.78, 5) is 37.1. The lowest BCUT2D eigenvalue weighted by atomic mass is 9.32. The fourth-order valence-corrected chi connectivity index (χ4v) is 12.5. The molecule has 2 aliphatic heterocycles. The number of halogens is 1. The number of pyridine rings is 1. The monoisotopic (exact) mass is 867 g/mol. The number of nitro groups is 1. The summed E-state index contributed by atoms with van der Waals surface area (Å²) in [6.07, 6.45) is 15.7. The van der Waals surface area contributed by atoms with E-state index in [2.05, 4.69) is 36.7 Å². The third kappa shape index (κ3) is 7.72. The van der Waals surface area contributed by atoms with Crippen molar-refractivity contribution in [2.24, 2.45) is 16.2 Å². The number of amides is 1. The van der Waals surface area contributed by atoms with Gasteiger partial charge in [0, 0.05) is 94.7 Å². The van der Waals surface area contributed by atoms with Crippen LogP contribution in [0.2, 0.25) is 0 Å². The molecule has 4 saturated carbocycles. The zero-order valence-corrected chi connectivity index (χ0v) is 36.0. The Morgan fingerprint density at radius 1 is 1.02 bits per heavy atom. The maximum Gasteiger partial charge on any atom is 0.293 e. The number of nitrogens with one attached hydrogen (secondary N) is 3. The molecular formula is C46H54FN7O7S. The lowest BCUT2D eigenvalue weighted by molar-refractivity contribution is -0.384. The van der Waals surface area contributed by atoms with Crippen LogP contribution >= 0.6 is 0 Å². The predicted molar refractivity (Wildman–Crippen MR) is 233 cm³/mol. The van der Waals surface area contributed by atoms with Crippen molar-refractivity contribution in [2.75, 3.05) is 62.7 Å². The second-order valence-electron chi connectivity index (χ2n) is 19.4. The van der Waals surface area contributed by atoms with Gasteiger partial charge in [0.25, 0.3) is 21.6 Å². The second-order valence-corrected chi connectivity index (χ2v) is 21.0. The van der Waals surface area contributed by atoms with E-state index in [0.29, 0.717) is 27.6 Å². The van der Waals surface area contributed by atoms with Crippen molar-refractivity contribution in [3.63, 3.8) is 0 Å². The average Bonchev–Trinajstić information content (AvgIpc) is 3.69. The Bertz CT molecular complexity index is 2560. The summed E-state index contributed by atoms with van der Waals surface area (Å²) in [7, 11) is -4.62. The van der Waals surface area contributed by atoms with Crippen LogP contribution in [0.15, 0.2) is 77.0 Å². The van der Waals surface area contributed by atoms with Crippen LogP contribution in [-0.4, -0.2) is 92.3 Å². The molecule has 2 saturated heterocycles. The summed E-state index contributed by atoms with van der Waals surface area (Å²) in [6, 6.07) is 11.9. The van der Waals surface area contributed by atoms with Gasteiger partial charge in [0.05, 0.1) is 21.6 Å². The SMILES string of the molecule is CC12CC(C3=C(CN4CCN(c5ccc(C(=O)NS(=O)(=O)c6ccc(NCC7(F)CCOCC7)c([N+](=O)[O-])c6)c(Oc6cnc7[nH]ccc7c6)c5)CC4)CCC4(CCC4)C3)(C1)C2. The van der Waals surface area contributed by atoms with Crippen molar-refractivity contribution in [2.45, 2.75) is 88.1 Å². The summed E-state index contributed by atoms with van der Waals surface area (Å²) in [5.41, 5.74) is 4.36. The number of hydrogen-bond acceptors (Lipinski definition) is 11. The molecule has 3 N–H and O–H groups in total. The van der Waals surface area contributed by atoms with Crippen molar-refractivity contribution in [3.8, 4) is 11.5 Å². The smallest absolute Gasteiger partial charge is 0.293 e. The predicted octanol–water partition coefficient (Wildman–Crippen LogP) is 8.28. The van der Waals surface area contributed by atoms with Crippen LogP contribution < -0.4 is 19.7 Å². The van der Waals surface area contributed by atoms with Gasteiger partial charge in [-0.25, -0.2) is 22.5 Å². The number of sulfonamides is 1. The van der Waals surface area contributed by atoms with Gasteiger partial charge in [-0.15, -0.1) is 0 Å². The van der Waals surface area contributed by atoms with Gasteiger partial charge in [0.15, 0.2) is 0 Å². The molecule has 1 amide bonds. The molecule has 6 fully saturated rings. The minimum atomic E-state index is -4.62. The quantitative estimate of drug-likeness (QED) is 0.0671. The zero-order chi connectivity index (χ0) is 42.9. The third-order valence-electron chi connectivity index (χ3n) is 14.9. The van der Waals surface area contributed by atoms with Gasteiger partial charge in [-0.05, 0) is 104 Å². The summed E-state index contributed by atoms with van der Waals surface area (Å²) >= 11 is 0. The van der Waals surface area contributed by atoms with Crippen LogP contribution in [0.5, 0.6) is 11.5 Å². The molecule has 4 aromatic rings. The summed E-state index contributed by atoms with van der Waals surface area (Å²) in [6.45, 7) is 7.09. The Hall–Kier alpha value is -5.06. The first-order chi connectivity index (χ1) is 29.7. The first-order valence-corrected chi connectivity index (χ1v) is 23.5. The Labute approximate surface area is 360 Å². The van der Waals surface area contributed by atoms with E-state index in [1.807, 2.05) is 11.6 Å². The molecule has 14 nitrogen and oxygen atoms in total. The van der Waals surface area contributed by atoms with E-state index in [4.69, 9.17) is 9.47 Å². The van der Waals surface area contributed by atoms with Crippen LogP contribution in [0.1, 0.15) is 87.9 Å². The van der Waals surface area contributed by atoms with Gasteiger partial charge in [-0.2, -0.15) is 0 Å². The van der Waals surface area contributed by atoms with Gasteiger partial charge >= 0.3 is 0 Å². The number of rotatable bonds is 13. The molecule has 0 radical (unpaired) electrons. The van der Waals surface area contributed by atoms with Gasteiger partial charge in [0.2, 0.25) is 0 Å². The number of nitrogens with zero attached hydrogens (tertiary/aromatic N) is 4. The van der Waals surface area contributed by atoms with Crippen molar-refractivity contribution in [1.82, 2.24) is 19.6 Å². The minimum Gasteiger partial charge on any atom is -0.455 e. The molecule has 328 valence electrons. The topological polar surface area (TPSA) is 172 Å². The maximum atomic E-state index is 15.2. The first-order valence-electron chi connectivity index (χ1n) is 22.0. The number of alkyl halides is 1. The number of H-pyrrole nitrogens is 1. The molecule has 7 aliphatic rings. The molecule has 2 aromatic heterocycles. The van der Waals surface area contributed by atoms with Gasteiger partial charge < -0.3 is 24.7 Å². The first kappa shape index (κ1) is 41.0. The second kappa shape index (κ2) is 15.3. The van der Waals surface area contributed by atoms with E-state index in [9.17, 15) is 23.3 Å². The highest BCUT2D eigenvalue weighted by atomic mass is 32.2. The summed E-state index contributed by atoms with van der Waals surface area (Å²) in [5, 5.41) is 15.6. The number of anilines is 2. The number of carbonyl (C=O) groups excluding carboxylic acids is 1. The van der Waals surface area contributed by atoms with Crippen molar-refractivity contribution in [1.29, 1.82) is 0 Å². The standard InChI is InChI=1S/C46H54FN7O7S/c1-43-27-45(28-43,29-43)37-24-44(9-2-10-44)11-7-32(37)26-52-15-17-53(18-16-52)33-3-5-36(40(22-33)61-34-21-31-8-14-48-41(31)49-25-34)42(55)51-62(58,59)35-4-6-38(39(23-35)54(56)57)50-30-46(47)12-19-60-20-13-46/h3-6,8,14,21-23,25,50H,2,7,9-13,15-20,24,26-30H2,1H3,(H,48,49)(H,51,55). The molecule has 0 atom stereocenters. The molecule has 2 bridgehead atoms. The van der Waals surface area contributed by atoms with Gasteiger partial charge in [-0.1, -0.05) is 24.5 Å². The lowest BCUT2D eigenvalue weighted by Gasteiger charge is -2.72. The molecule has 5 aliphatic carbocycles. The molecule has 2 aromatic carbocycles. The minimum absolute atomic E-state index is 0.0409. The van der Waals surface area contributed by atoms with E-state index >= 15 is 4.39 Å². The zero-order valence-electron chi connectivity index (χ0n) is 35.1. The number of nitro benzene ring substituents is 1. The Balaban J connectivity index is 0.860. The van der Waals surface area contributed by atoms with Crippen LogP contribution in [0.4, 0.5) is 21.5 Å². The number of hydrogen-bond donors (Lipinski definition) is 3. The van der Waals surface area contributed by atoms with E-state index in [0.717, 1.165) is 55.9 Å². The van der Waals surface area contributed by atoms with Crippen LogP contribution in [0.25, 0.3) is 11.0 Å². The number of allylic oxidation sites excluding steroid dienone is 1. The largest absolute Gasteiger partial charge is 0.455 e. The number of carbonyl (C=O) groups is 1. The van der Waals surface area contributed by atoms with E-state index in [-0.39, 0.29) is 49.6 Å². The summed E-state index contributed by atoms with van der Waals surface area (Å²) < 4.78 is 56.2. The molecule has 62 heavy (non-hydrogen) atoms. The molecule has 16 heteroatoms. The van der Waals surface area contributed by atoms with Gasteiger partial charge in [0.1, 0.15) is 28.5 Å². The van der Waals surface area contributed by atoms with Crippen LogP contribution in [-0.2, 0) is 14.8 Å². The average molecular weight is 868 g/mol. The highest BCUT2D eigenvalue weighted by molar-refractivity contribution is 7.90. The molecule has 11 rings (SSSR count). The Morgan fingerprint density at radius 2 is 1.79 bits per heavy atom. The molecule has 0 unspecified atom stereocenters. The highest BCUT2D eigenvalue weighted by Crippen LogP contribution is 2.78. The number of ether oxygens (including phenoxy) is 2. The Kier molecular flexibility index (Phi) is 10.1. The molecule has 1 spiro atoms. The number of benzene rings is 2. The molecule has 4 heterocycles. The summed E-state index contributed by atoms with van der Waals surface area (Å²) in [5.74, 6) is -0.500. The number of fused-ring (bicyclic) bond motifs is 1. The van der Waals surface area contributed by atoms with Gasteiger partial charge in [-0.3, -0.25) is 19.8 Å². The number of aromatic nitrogens is 2. The van der Waals surface area contributed by atoms with Crippen molar-refractivity contribution < 1.29 is 32.0 Å². The number of piperazine rings is 1. The lowest BCUT2D eigenvalue weighted by Crippen LogP contribution is -2.62. The number of aromatic amines is 1. The van der Waals surface area contributed by atoms with E-state index < -0.39 is 37.1 Å². The normalized spacial score (nSPS) is 25.4. The Morgan fingerprint density at radius 3 is 2.50 bits per heavy atom. The van der Waals surface area contributed by atoms with Crippen molar-refractivity contribution in [3.05, 3.63) is 87.7 Å². The van der Waals surface area contributed by atoms with Crippen LogP contribution in [0.3, 0.4) is 0 Å². The fraction of sp³-hybridized carbons (Fsp3) is 0.522.